The molecule has 14 heavy (non-hydrogen) atoms. The molecular weight excluding hydrogens is 207 g/mol. The molecule has 7 heteroatoms. The zero-order valence-corrected chi connectivity index (χ0v) is 8.18. The number of para-hydroxylation sites is 2. The van der Waals surface area contributed by atoms with E-state index in [1.165, 1.54) is 12.1 Å². The van der Waals surface area contributed by atoms with Gasteiger partial charge in [-0.05, 0) is 12.1 Å². The lowest BCUT2D eigenvalue weighted by atomic mass is 10.3. The number of anilines is 1. The van der Waals surface area contributed by atoms with E-state index in [-0.39, 0.29) is 11.4 Å². The Morgan fingerprint density at radius 3 is 2.64 bits per heavy atom. The van der Waals surface area contributed by atoms with Gasteiger partial charge in [-0.3, -0.25) is 9.42 Å². The molecule has 6 nitrogen and oxygen atoms in total. The summed E-state index contributed by atoms with van der Waals surface area (Å²) in [6.07, 6.45) is 0. The van der Waals surface area contributed by atoms with Crippen LogP contribution in [0.4, 0.5) is 5.69 Å². The summed E-state index contributed by atoms with van der Waals surface area (Å²) in [5, 5.41) is 0. The quantitative estimate of drug-likeness (QED) is 0.389. The molecule has 5 N–H and O–H groups in total. The van der Waals surface area contributed by atoms with Gasteiger partial charge < -0.3 is 16.0 Å². The molecule has 78 valence electrons. The van der Waals surface area contributed by atoms with E-state index in [1.54, 1.807) is 12.1 Å². The number of phosphoric ester groups is 1. The zero-order valence-electron chi connectivity index (χ0n) is 7.29. The van der Waals surface area contributed by atoms with Crippen LogP contribution in [0.3, 0.4) is 0 Å². The van der Waals surface area contributed by atoms with Crippen molar-refractivity contribution in [3.63, 3.8) is 0 Å². The van der Waals surface area contributed by atoms with Crippen molar-refractivity contribution in [1.29, 1.82) is 0 Å². The average Bonchev–Trinajstić information content (AvgIpc) is 2.08. The molecule has 1 aromatic rings. The Balaban J connectivity index is 2.78. The smallest absolute Gasteiger partial charge is 0.402 e. The van der Waals surface area contributed by atoms with Gasteiger partial charge in [-0.1, -0.05) is 12.1 Å². The summed E-state index contributed by atoms with van der Waals surface area (Å²) < 4.78 is 20.1. The van der Waals surface area contributed by atoms with Crippen LogP contribution in [-0.2, 0) is 9.09 Å². The van der Waals surface area contributed by atoms with E-state index in [4.69, 9.17) is 16.4 Å². The van der Waals surface area contributed by atoms with Crippen molar-refractivity contribution in [3.05, 3.63) is 24.3 Å². The van der Waals surface area contributed by atoms with Gasteiger partial charge in [0.05, 0.1) is 5.69 Å². The normalized spacial score (nSPS) is 14.7. The van der Waals surface area contributed by atoms with E-state index in [9.17, 15) is 4.57 Å². The van der Waals surface area contributed by atoms with E-state index < -0.39 is 14.6 Å². The van der Waals surface area contributed by atoms with Crippen molar-refractivity contribution in [3.8, 4) is 5.75 Å². The summed E-state index contributed by atoms with van der Waals surface area (Å²) in [6.45, 7) is -0.402. The van der Waals surface area contributed by atoms with Gasteiger partial charge >= 0.3 is 7.82 Å². The molecule has 1 aromatic carbocycles. The molecule has 0 aromatic heterocycles. The Labute approximate surface area is 81.0 Å². The molecule has 0 fully saturated rings. The molecule has 1 rings (SSSR count). The summed E-state index contributed by atoms with van der Waals surface area (Å²) in [7, 11) is -4.15. The third kappa shape index (κ3) is 3.01. The van der Waals surface area contributed by atoms with Crippen molar-refractivity contribution in [2.75, 3.05) is 12.5 Å². The highest BCUT2D eigenvalue weighted by Crippen LogP contribution is 2.44. The lowest BCUT2D eigenvalue weighted by molar-refractivity contribution is 0.209. The molecule has 0 aliphatic heterocycles. The number of hydrogen-bond donors (Lipinski definition) is 3. The Morgan fingerprint density at radius 2 is 2.07 bits per heavy atom. The molecule has 1 unspecified atom stereocenters. The summed E-state index contributed by atoms with van der Waals surface area (Å²) in [5.74, 6) is 0.0896. The maximum Gasteiger partial charge on any atom is 0.528 e. The Morgan fingerprint density at radius 1 is 1.43 bits per heavy atom. The van der Waals surface area contributed by atoms with Gasteiger partial charge in [-0.2, -0.15) is 0 Å². The predicted molar refractivity (Wildman–Crippen MR) is 51.4 cm³/mol. The van der Waals surface area contributed by atoms with Crippen LogP contribution in [0.2, 0.25) is 0 Å². The minimum absolute atomic E-state index is 0.0896. The fourth-order valence-electron chi connectivity index (χ4n) is 0.808. The van der Waals surface area contributed by atoms with Crippen molar-refractivity contribution >= 4 is 13.5 Å². The van der Waals surface area contributed by atoms with Crippen LogP contribution in [0.25, 0.3) is 0 Å². The Bertz CT molecular complexity index is 357. The number of phosphoric acid groups is 1. The van der Waals surface area contributed by atoms with Crippen LogP contribution in [0, 0.1) is 0 Å². The highest BCUT2D eigenvalue weighted by Gasteiger charge is 2.22. The second-order valence-corrected chi connectivity index (χ2v) is 3.77. The van der Waals surface area contributed by atoms with Crippen LogP contribution in [0.5, 0.6) is 5.75 Å². The first-order chi connectivity index (χ1) is 6.55. The van der Waals surface area contributed by atoms with E-state index >= 15 is 0 Å². The SMILES string of the molecule is NCOP(=O)(O)Oc1ccccc1N. The van der Waals surface area contributed by atoms with Crippen LogP contribution in [-0.4, -0.2) is 11.6 Å². The number of nitrogen functional groups attached to an aromatic ring is 1. The van der Waals surface area contributed by atoms with Gasteiger partial charge in [0.2, 0.25) is 0 Å². The van der Waals surface area contributed by atoms with Gasteiger partial charge in [0.25, 0.3) is 0 Å². The minimum Gasteiger partial charge on any atom is -0.402 e. The first kappa shape index (κ1) is 11.0. The fourth-order valence-corrected chi connectivity index (χ4v) is 1.46. The molecule has 0 bridgehead atoms. The molecule has 0 spiro atoms. The highest BCUT2D eigenvalue weighted by atomic mass is 31.2. The third-order valence-electron chi connectivity index (χ3n) is 1.37. The molecule has 0 saturated heterocycles. The van der Waals surface area contributed by atoms with Crippen molar-refractivity contribution in [2.45, 2.75) is 0 Å². The summed E-state index contributed by atoms with van der Waals surface area (Å²) in [6, 6.07) is 6.29. The van der Waals surface area contributed by atoms with Gasteiger partial charge in [0.15, 0.2) is 5.75 Å². The molecule has 0 radical (unpaired) electrons. The maximum atomic E-state index is 11.1. The molecular formula is C7H11N2O4P. The number of hydrogen-bond acceptors (Lipinski definition) is 5. The van der Waals surface area contributed by atoms with Crippen molar-refractivity contribution in [2.24, 2.45) is 5.73 Å². The van der Waals surface area contributed by atoms with Gasteiger partial charge in [0, 0.05) is 0 Å². The van der Waals surface area contributed by atoms with Gasteiger partial charge in [-0.15, -0.1) is 0 Å². The van der Waals surface area contributed by atoms with E-state index in [0.717, 1.165) is 0 Å². The first-order valence-electron chi connectivity index (χ1n) is 3.76. The molecule has 0 heterocycles. The largest absolute Gasteiger partial charge is 0.528 e. The summed E-state index contributed by atoms with van der Waals surface area (Å²) in [5.41, 5.74) is 10.7. The van der Waals surface area contributed by atoms with Gasteiger partial charge in [0.1, 0.15) is 6.73 Å². The number of rotatable bonds is 4. The lowest BCUT2D eigenvalue weighted by Gasteiger charge is -2.12. The molecule has 0 saturated carbocycles. The predicted octanol–water partition coefficient (Wildman–Crippen LogP) is 0.681. The fraction of sp³-hybridized carbons (Fsp3) is 0.143. The van der Waals surface area contributed by atoms with Crippen molar-refractivity contribution in [1.82, 2.24) is 0 Å². The van der Waals surface area contributed by atoms with Crippen LogP contribution >= 0.6 is 7.82 Å². The lowest BCUT2D eigenvalue weighted by Crippen LogP contribution is -2.06. The second-order valence-electron chi connectivity index (χ2n) is 2.39. The topological polar surface area (TPSA) is 108 Å². The molecule has 0 aliphatic rings. The zero-order chi connectivity index (χ0) is 10.6. The third-order valence-corrected chi connectivity index (χ3v) is 2.27. The van der Waals surface area contributed by atoms with Crippen LogP contribution < -0.4 is 16.0 Å². The average molecular weight is 218 g/mol. The maximum absolute atomic E-state index is 11.1. The summed E-state index contributed by atoms with van der Waals surface area (Å²) >= 11 is 0. The summed E-state index contributed by atoms with van der Waals surface area (Å²) in [4.78, 5) is 9.07. The highest BCUT2D eigenvalue weighted by molar-refractivity contribution is 7.47. The molecule has 1 atom stereocenters. The minimum atomic E-state index is -4.15. The standard InChI is InChI=1S/C7H11N2O4P/c8-5-12-14(10,11)13-7-4-2-1-3-6(7)9/h1-4H,5,8-9H2,(H,10,11). The Hall–Kier alpha value is -1.07. The van der Waals surface area contributed by atoms with Crippen LogP contribution in [0.15, 0.2) is 24.3 Å². The number of nitrogens with two attached hydrogens (primary N) is 2. The van der Waals surface area contributed by atoms with Gasteiger partial charge in [-0.25, -0.2) is 4.57 Å². The van der Waals surface area contributed by atoms with E-state index in [2.05, 4.69) is 9.05 Å². The molecule has 0 aliphatic carbocycles. The monoisotopic (exact) mass is 218 g/mol. The Kier molecular flexibility index (Phi) is 3.49. The number of benzene rings is 1. The van der Waals surface area contributed by atoms with E-state index in [0.29, 0.717) is 0 Å². The first-order valence-corrected chi connectivity index (χ1v) is 5.26. The molecule has 0 amide bonds. The van der Waals surface area contributed by atoms with Crippen LogP contribution in [0.1, 0.15) is 0 Å². The van der Waals surface area contributed by atoms with E-state index in [1.807, 2.05) is 0 Å². The second kappa shape index (κ2) is 4.43. The van der Waals surface area contributed by atoms with Crippen molar-refractivity contribution < 1.29 is 18.5 Å².